The van der Waals surface area contributed by atoms with Crippen molar-refractivity contribution in [1.82, 2.24) is 24.6 Å². The number of piperidine rings is 1. The normalized spacial score (nSPS) is 24.3. The predicted octanol–water partition coefficient (Wildman–Crippen LogP) is 2.09. The molecule has 2 aromatic rings. The Bertz CT molecular complexity index is 748. The molecule has 1 aliphatic heterocycles. The van der Waals surface area contributed by atoms with E-state index >= 15 is 0 Å². The number of hydrogen-bond acceptors (Lipinski definition) is 5. The number of imidazole rings is 1. The summed E-state index contributed by atoms with van der Waals surface area (Å²) in [7, 11) is 1.85. The zero-order valence-corrected chi connectivity index (χ0v) is 14.2. The van der Waals surface area contributed by atoms with Crippen molar-refractivity contribution < 1.29 is 9.32 Å². The van der Waals surface area contributed by atoms with Gasteiger partial charge in [-0.2, -0.15) is 4.98 Å². The largest absolute Gasteiger partial charge is 0.340 e. The minimum absolute atomic E-state index is 0.0371. The number of likely N-dealkylation sites (tertiary alicyclic amines) is 1. The number of rotatable bonds is 4. The number of aromatic nitrogens is 4. The molecule has 1 aliphatic carbocycles. The Balaban J connectivity index is 1.62. The predicted molar refractivity (Wildman–Crippen MR) is 86.4 cm³/mol. The SMILES string of the molecule is Cc1nc(C2(CC3CC3)CCCN(C(=O)c3cncn3C)C2)no1. The maximum atomic E-state index is 12.9. The lowest BCUT2D eigenvalue weighted by Gasteiger charge is -2.41. The number of amides is 1. The van der Waals surface area contributed by atoms with E-state index in [0.717, 1.165) is 37.5 Å². The van der Waals surface area contributed by atoms with Crippen molar-refractivity contribution in [1.29, 1.82) is 0 Å². The van der Waals surface area contributed by atoms with Gasteiger partial charge in [0.15, 0.2) is 5.82 Å². The lowest BCUT2D eigenvalue weighted by molar-refractivity contribution is 0.0597. The van der Waals surface area contributed by atoms with Crippen LogP contribution in [0.5, 0.6) is 0 Å². The Morgan fingerprint density at radius 1 is 1.46 bits per heavy atom. The third-order valence-corrected chi connectivity index (χ3v) is 5.28. The van der Waals surface area contributed by atoms with Crippen LogP contribution in [0.2, 0.25) is 0 Å². The molecular weight excluding hydrogens is 306 g/mol. The Morgan fingerprint density at radius 3 is 2.92 bits per heavy atom. The van der Waals surface area contributed by atoms with E-state index in [1.54, 1.807) is 17.1 Å². The Kier molecular flexibility index (Phi) is 3.66. The molecule has 0 N–H and O–H groups in total. The first kappa shape index (κ1) is 15.4. The van der Waals surface area contributed by atoms with Gasteiger partial charge < -0.3 is 14.0 Å². The highest BCUT2D eigenvalue weighted by Crippen LogP contribution is 2.45. The topological polar surface area (TPSA) is 77.1 Å². The summed E-state index contributed by atoms with van der Waals surface area (Å²) in [5.41, 5.74) is 0.451. The van der Waals surface area contributed by atoms with Gasteiger partial charge in [0.2, 0.25) is 5.89 Å². The van der Waals surface area contributed by atoms with Gasteiger partial charge >= 0.3 is 0 Å². The molecule has 2 aromatic heterocycles. The molecule has 2 aliphatic rings. The standard InChI is InChI=1S/C17H23N5O2/c1-12-19-16(20-24-12)17(8-13-4-5-13)6-3-7-22(10-17)15(23)14-9-18-11-21(14)2/h9,11,13H,3-8,10H2,1-2H3. The maximum Gasteiger partial charge on any atom is 0.272 e. The van der Waals surface area contributed by atoms with Crippen molar-refractivity contribution in [3.05, 3.63) is 29.9 Å². The highest BCUT2D eigenvalue weighted by Gasteiger charge is 2.45. The first-order valence-corrected chi connectivity index (χ1v) is 8.64. The second-order valence-electron chi connectivity index (χ2n) is 7.28. The van der Waals surface area contributed by atoms with Crippen LogP contribution in [-0.4, -0.2) is 43.6 Å². The zero-order chi connectivity index (χ0) is 16.7. The van der Waals surface area contributed by atoms with Gasteiger partial charge in [-0.1, -0.05) is 18.0 Å². The number of carbonyl (C=O) groups is 1. The zero-order valence-electron chi connectivity index (χ0n) is 14.2. The Hall–Kier alpha value is -2.18. The van der Waals surface area contributed by atoms with E-state index in [-0.39, 0.29) is 11.3 Å². The molecule has 24 heavy (non-hydrogen) atoms. The number of carbonyl (C=O) groups excluding carboxylic acids is 1. The third kappa shape index (κ3) is 2.72. The van der Waals surface area contributed by atoms with E-state index in [2.05, 4.69) is 15.1 Å². The van der Waals surface area contributed by atoms with Gasteiger partial charge in [0, 0.05) is 27.1 Å². The van der Waals surface area contributed by atoms with Gasteiger partial charge in [-0.25, -0.2) is 4.98 Å². The first-order chi connectivity index (χ1) is 11.6. The molecule has 128 valence electrons. The summed E-state index contributed by atoms with van der Waals surface area (Å²) in [4.78, 5) is 23.4. The maximum absolute atomic E-state index is 12.9. The second kappa shape index (κ2) is 5.72. The van der Waals surface area contributed by atoms with Crippen molar-refractivity contribution in [2.45, 2.75) is 44.4 Å². The van der Waals surface area contributed by atoms with Crippen molar-refractivity contribution in [3.63, 3.8) is 0 Å². The van der Waals surface area contributed by atoms with Crippen LogP contribution in [0, 0.1) is 12.8 Å². The van der Waals surface area contributed by atoms with E-state index in [9.17, 15) is 4.79 Å². The number of aryl methyl sites for hydroxylation is 2. The fourth-order valence-electron chi connectivity index (χ4n) is 3.86. The van der Waals surface area contributed by atoms with E-state index < -0.39 is 0 Å². The van der Waals surface area contributed by atoms with Crippen LogP contribution in [0.1, 0.15) is 54.3 Å². The van der Waals surface area contributed by atoms with E-state index in [0.29, 0.717) is 18.1 Å². The molecular formula is C17H23N5O2. The van der Waals surface area contributed by atoms with Crippen LogP contribution in [0.4, 0.5) is 0 Å². The summed E-state index contributed by atoms with van der Waals surface area (Å²) < 4.78 is 7.03. The van der Waals surface area contributed by atoms with E-state index in [1.807, 2.05) is 18.9 Å². The monoisotopic (exact) mass is 329 g/mol. The molecule has 4 rings (SSSR count). The number of hydrogen-bond donors (Lipinski definition) is 0. The summed E-state index contributed by atoms with van der Waals surface area (Å²) in [6.45, 7) is 3.25. The minimum atomic E-state index is -0.175. The molecule has 3 heterocycles. The first-order valence-electron chi connectivity index (χ1n) is 8.64. The van der Waals surface area contributed by atoms with Crippen LogP contribution in [-0.2, 0) is 12.5 Å². The Morgan fingerprint density at radius 2 is 2.29 bits per heavy atom. The lowest BCUT2D eigenvalue weighted by atomic mass is 9.74. The quantitative estimate of drug-likeness (QED) is 0.858. The van der Waals surface area contributed by atoms with Crippen LogP contribution in [0.15, 0.2) is 17.0 Å². The summed E-state index contributed by atoms with van der Waals surface area (Å²) in [6.07, 6.45) is 8.86. The van der Waals surface area contributed by atoms with Gasteiger partial charge in [0.05, 0.1) is 17.9 Å². The smallest absolute Gasteiger partial charge is 0.272 e. The third-order valence-electron chi connectivity index (χ3n) is 5.28. The minimum Gasteiger partial charge on any atom is -0.340 e. The van der Waals surface area contributed by atoms with Crippen molar-refractivity contribution >= 4 is 5.91 Å². The van der Waals surface area contributed by atoms with Gasteiger partial charge in [-0.15, -0.1) is 0 Å². The van der Waals surface area contributed by atoms with E-state index in [1.165, 1.54) is 12.8 Å². The highest BCUT2D eigenvalue weighted by atomic mass is 16.5. The fourth-order valence-corrected chi connectivity index (χ4v) is 3.86. The van der Waals surface area contributed by atoms with Gasteiger partial charge in [0.25, 0.3) is 5.91 Å². The molecule has 0 bridgehead atoms. The lowest BCUT2D eigenvalue weighted by Crippen LogP contribution is -2.49. The fraction of sp³-hybridized carbons (Fsp3) is 0.647. The Labute approximate surface area is 141 Å². The average Bonchev–Trinajstić information content (AvgIpc) is 3.09. The molecule has 0 radical (unpaired) electrons. The van der Waals surface area contributed by atoms with Crippen LogP contribution in [0.3, 0.4) is 0 Å². The molecule has 7 heteroatoms. The molecule has 2 fully saturated rings. The van der Waals surface area contributed by atoms with Crippen LogP contribution < -0.4 is 0 Å². The number of nitrogens with zero attached hydrogens (tertiary/aromatic N) is 5. The molecule has 0 spiro atoms. The van der Waals surface area contributed by atoms with Gasteiger partial charge in [-0.3, -0.25) is 4.79 Å². The van der Waals surface area contributed by atoms with Gasteiger partial charge in [-0.05, 0) is 25.2 Å². The van der Waals surface area contributed by atoms with Crippen molar-refractivity contribution in [2.24, 2.45) is 13.0 Å². The summed E-state index contributed by atoms with van der Waals surface area (Å²) in [6, 6.07) is 0. The highest BCUT2D eigenvalue weighted by molar-refractivity contribution is 5.92. The van der Waals surface area contributed by atoms with Crippen LogP contribution >= 0.6 is 0 Å². The summed E-state index contributed by atoms with van der Waals surface area (Å²) >= 11 is 0. The van der Waals surface area contributed by atoms with Crippen molar-refractivity contribution in [2.75, 3.05) is 13.1 Å². The molecule has 1 saturated carbocycles. The molecule has 1 saturated heterocycles. The molecule has 0 aromatic carbocycles. The molecule has 1 amide bonds. The molecule has 1 unspecified atom stereocenters. The van der Waals surface area contributed by atoms with Crippen LogP contribution in [0.25, 0.3) is 0 Å². The summed E-state index contributed by atoms with van der Waals surface area (Å²) in [5, 5.41) is 4.22. The molecule has 7 nitrogen and oxygen atoms in total. The van der Waals surface area contributed by atoms with Gasteiger partial charge in [0.1, 0.15) is 5.69 Å². The van der Waals surface area contributed by atoms with Crippen molar-refractivity contribution in [3.8, 4) is 0 Å². The van der Waals surface area contributed by atoms with E-state index in [4.69, 9.17) is 4.52 Å². The summed E-state index contributed by atoms with van der Waals surface area (Å²) in [5.74, 6) is 2.13. The second-order valence-corrected chi connectivity index (χ2v) is 7.28. The average molecular weight is 329 g/mol. The molecule has 1 atom stereocenters.